The summed E-state index contributed by atoms with van der Waals surface area (Å²) in [5.41, 5.74) is 0.657. The fourth-order valence-corrected chi connectivity index (χ4v) is 3.02. The van der Waals surface area contributed by atoms with Crippen molar-refractivity contribution in [2.75, 3.05) is 33.3 Å². The zero-order chi connectivity index (χ0) is 15.8. The average molecular weight is 304 g/mol. The minimum absolute atomic E-state index is 0.0227. The molecule has 122 valence electrons. The van der Waals surface area contributed by atoms with Gasteiger partial charge in [0.25, 0.3) is 5.91 Å². The van der Waals surface area contributed by atoms with Gasteiger partial charge < -0.3 is 15.0 Å². The Kier molecular flexibility index (Phi) is 6.72. The Morgan fingerprint density at radius 3 is 3.05 bits per heavy atom. The lowest BCUT2D eigenvalue weighted by Crippen LogP contribution is -2.35. The monoisotopic (exact) mass is 304 g/mol. The van der Waals surface area contributed by atoms with Crippen molar-refractivity contribution < 1.29 is 9.53 Å². The largest absolute Gasteiger partial charge is 0.497 e. The molecule has 1 N–H and O–H groups in total. The molecule has 4 nitrogen and oxygen atoms in total. The Hall–Kier alpha value is -1.55. The highest BCUT2D eigenvalue weighted by Gasteiger charge is 2.15. The molecule has 1 amide bonds. The summed E-state index contributed by atoms with van der Waals surface area (Å²) < 4.78 is 5.14. The summed E-state index contributed by atoms with van der Waals surface area (Å²) >= 11 is 0. The molecule has 0 saturated carbocycles. The molecule has 0 aromatic heterocycles. The second-order valence-corrected chi connectivity index (χ2v) is 6.24. The number of ether oxygens (including phenoxy) is 1. The molecule has 1 aliphatic rings. The van der Waals surface area contributed by atoms with Crippen molar-refractivity contribution in [1.29, 1.82) is 0 Å². The van der Waals surface area contributed by atoms with Crippen LogP contribution in [0.25, 0.3) is 0 Å². The zero-order valence-electron chi connectivity index (χ0n) is 13.8. The number of benzene rings is 1. The number of piperidine rings is 1. The number of unbranched alkanes of at least 4 members (excludes halogenated alkanes) is 1. The Labute approximate surface area is 133 Å². The molecule has 1 atom stereocenters. The van der Waals surface area contributed by atoms with Crippen molar-refractivity contribution in [3.63, 3.8) is 0 Å². The molecule has 0 aliphatic carbocycles. The topological polar surface area (TPSA) is 41.6 Å². The van der Waals surface area contributed by atoms with Gasteiger partial charge >= 0.3 is 0 Å². The quantitative estimate of drug-likeness (QED) is 0.788. The third-order valence-electron chi connectivity index (χ3n) is 4.26. The van der Waals surface area contributed by atoms with Gasteiger partial charge in [-0.3, -0.25) is 4.79 Å². The predicted molar refractivity (Wildman–Crippen MR) is 89.4 cm³/mol. The SMILES string of the molecule is COc1cccc(C(=O)NCCCCN2CCCC(C)C2)c1. The highest BCUT2D eigenvalue weighted by atomic mass is 16.5. The molecule has 1 saturated heterocycles. The Bertz CT molecular complexity index is 476. The number of carbonyl (C=O) groups is 1. The van der Waals surface area contributed by atoms with Crippen LogP contribution >= 0.6 is 0 Å². The van der Waals surface area contributed by atoms with Gasteiger partial charge in [0.1, 0.15) is 5.75 Å². The lowest BCUT2D eigenvalue weighted by atomic mass is 10.0. The van der Waals surface area contributed by atoms with Crippen LogP contribution in [0.3, 0.4) is 0 Å². The number of amides is 1. The fourth-order valence-electron chi connectivity index (χ4n) is 3.02. The molecule has 22 heavy (non-hydrogen) atoms. The molecule has 4 heteroatoms. The van der Waals surface area contributed by atoms with Gasteiger partial charge in [0.15, 0.2) is 0 Å². The van der Waals surface area contributed by atoms with E-state index in [1.54, 1.807) is 13.2 Å². The van der Waals surface area contributed by atoms with E-state index < -0.39 is 0 Å². The van der Waals surface area contributed by atoms with Crippen LogP contribution in [0.2, 0.25) is 0 Å². The number of hydrogen-bond donors (Lipinski definition) is 1. The normalized spacial score (nSPS) is 18.9. The molecule has 1 aromatic carbocycles. The van der Waals surface area contributed by atoms with E-state index in [1.165, 1.54) is 25.9 Å². The Balaban J connectivity index is 1.62. The van der Waals surface area contributed by atoms with E-state index in [4.69, 9.17) is 4.74 Å². The maximum atomic E-state index is 12.0. The number of rotatable bonds is 7. The summed E-state index contributed by atoms with van der Waals surface area (Å²) in [5.74, 6) is 1.53. The van der Waals surface area contributed by atoms with Gasteiger partial charge in [-0.2, -0.15) is 0 Å². The molecule has 1 heterocycles. The molecule has 2 rings (SSSR count). The van der Waals surface area contributed by atoms with Crippen molar-refractivity contribution in [2.24, 2.45) is 5.92 Å². The van der Waals surface area contributed by atoms with Crippen LogP contribution in [0.15, 0.2) is 24.3 Å². The van der Waals surface area contributed by atoms with Crippen LogP contribution in [0.1, 0.15) is 43.0 Å². The molecule has 0 radical (unpaired) electrons. The minimum atomic E-state index is -0.0227. The van der Waals surface area contributed by atoms with Crippen molar-refractivity contribution in [2.45, 2.75) is 32.6 Å². The van der Waals surface area contributed by atoms with Crippen LogP contribution in [-0.2, 0) is 0 Å². The van der Waals surface area contributed by atoms with Crippen LogP contribution in [0, 0.1) is 5.92 Å². The average Bonchev–Trinajstić information content (AvgIpc) is 2.54. The number of likely N-dealkylation sites (tertiary alicyclic amines) is 1. The summed E-state index contributed by atoms with van der Waals surface area (Å²) in [6, 6.07) is 7.26. The van der Waals surface area contributed by atoms with E-state index in [0.29, 0.717) is 11.3 Å². The lowest BCUT2D eigenvalue weighted by Gasteiger charge is -2.30. The fraction of sp³-hybridized carbons (Fsp3) is 0.611. The minimum Gasteiger partial charge on any atom is -0.497 e. The van der Waals surface area contributed by atoms with Crippen molar-refractivity contribution in [3.8, 4) is 5.75 Å². The van der Waals surface area contributed by atoms with E-state index in [9.17, 15) is 4.79 Å². The van der Waals surface area contributed by atoms with Crippen molar-refractivity contribution in [1.82, 2.24) is 10.2 Å². The maximum Gasteiger partial charge on any atom is 0.251 e. The summed E-state index contributed by atoms with van der Waals surface area (Å²) in [6.45, 7) is 6.69. The molecular formula is C18H28N2O2. The third kappa shape index (κ3) is 5.34. The van der Waals surface area contributed by atoms with E-state index >= 15 is 0 Å². The first-order valence-electron chi connectivity index (χ1n) is 8.33. The molecule has 1 fully saturated rings. The van der Waals surface area contributed by atoms with E-state index in [-0.39, 0.29) is 5.91 Å². The summed E-state index contributed by atoms with van der Waals surface area (Å²) in [6.07, 6.45) is 4.87. The summed E-state index contributed by atoms with van der Waals surface area (Å²) in [4.78, 5) is 14.6. The number of nitrogens with one attached hydrogen (secondary N) is 1. The standard InChI is InChI=1S/C18H28N2O2/c1-15-7-6-12-20(14-15)11-4-3-10-19-18(21)16-8-5-9-17(13-16)22-2/h5,8-9,13,15H,3-4,6-7,10-12,14H2,1-2H3,(H,19,21). The van der Waals surface area contributed by atoms with E-state index in [0.717, 1.165) is 31.8 Å². The first-order chi connectivity index (χ1) is 10.7. The van der Waals surface area contributed by atoms with Gasteiger partial charge in [0.2, 0.25) is 0 Å². The van der Waals surface area contributed by atoms with Gasteiger partial charge in [-0.25, -0.2) is 0 Å². The molecule has 0 spiro atoms. The Morgan fingerprint density at radius 1 is 1.41 bits per heavy atom. The second kappa shape index (κ2) is 8.79. The number of nitrogens with zero attached hydrogens (tertiary/aromatic N) is 1. The van der Waals surface area contributed by atoms with Crippen LogP contribution in [0.5, 0.6) is 5.75 Å². The zero-order valence-corrected chi connectivity index (χ0v) is 13.8. The van der Waals surface area contributed by atoms with Crippen molar-refractivity contribution in [3.05, 3.63) is 29.8 Å². The van der Waals surface area contributed by atoms with Crippen LogP contribution < -0.4 is 10.1 Å². The van der Waals surface area contributed by atoms with E-state index in [2.05, 4.69) is 17.1 Å². The van der Waals surface area contributed by atoms with Crippen LogP contribution in [0.4, 0.5) is 0 Å². The first-order valence-corrected chi connectivity index (χ1v) is 8.33. The smallest absolute Gasteiger partial charge is 0.251 e. The molecule has 1 aromatic rings. The maximum absolute atomic E-state index is 12.0. The van der Waals surface area contributed by atoms with Gasteiger partial charge in [-0.15, -0.1) is 0 Å². The third-order valence-corrected chi connectivity index (χ3v) is 4.26. The van der Waals surface area contributed by atoms with Gasteiger partial charge in [-0.1, -0.05) is 13.0 Å². The highest BCUT2D eigenvalue weighted by molar-refractivity contribution is 5.94. The van der Waals surface area contributed by atoms with Gasteiger partial charge in [-0.05, 0) is 62.9 Å². The Morgan fingerprint density at radius 2 is 2.27 bits per heavy atom. The second-order valence-electron chi connectivity index (χ2n) is 6.24. The number of hydrogen-bond acceptors (Lipinski definition) is 3. The molecule has 1 unspecified atom stereocenters. The first kappa shape index (κ1) is 16.8. The van der Waals surface area contributed by atoms with E-state index in [1.807, 2.05) is 18.2 Å². The van der Waals surface area contributed by atoms with Gasteiger partial charge in [0, 0.05) is 18.7 Å². The van der Waals surface area contributed by atoms with Crippen LogP contribution in [-0.4, -0.2) is 44.1 Å². The molecular weight excluding hydrogens is 276 g/mol. The summed E-state index contributed by atoms with van der Waals surface area (Å²) in [5, 5.41) is 2.98. The van der Waals surface area contributed by atoms with Gasteiger partial charge in [0.05, 0.1) is 7.11 Å². The lowest BCUT2D eigenvalue weighted by molar-refractivity contribution is 0.0952. The molecule has 1 aliphatic heterocycles. The van der Waals surface area contributed by atoms with Crippen molar-refractivity contribution >= 4 is 5.91 Å². The number of methoxy groups -OCH3 is 1. The summed E-state index contributed by atoms with van der Waals surface area (Å²) in [7, 11) is 1.61. The highest BCUT2D eigenvalue weighted by Crippen LogP contribution is 2.15. The predicted octanol–water partition coefficient (Wildman–Crippen LogP) is 2.94. The molecule has 0 bridgehead atoms. The number of carbonyl (C=O) groups excluding carboxylic acids is 1.